The highest BCUT2D eigenvalue weighted by atomic mass is 16.3. The lowest BCUT2D eigenvalue weighted by atomic mass is 9.98. The van der Waals surface area contributed by atoms with Gasteiger partial charge >= 0.3 is 0 Å². The molecule has 0 radical (unpaired) electrons. The fraction of sp³-hybridized carbons (Fsp3) is 0.900. The van der Waals surface area contributed by atoms with Crippen molar-refractivity contribution in [2.75, 3.05) is 26.8 Å². The molecule has 0 fully saturated rings. The van der Waals surface area contributed by atoms with Crippen molar-refractivity contribution in [2.24, 2.45) is 0 Å². The zero-order chi connectivity index (χ0) is 11.7. The van der Waals surface area contributed by atoms with E-state index in [2.05, 4.69) is 10.6 Å². The van der Waals surface area contributed by atoms with Crippen LogP contribution in [0.5, 0.6) is 0 Å². The second kappa shape index (κ2) is 7.62. The summed E-state index contributed by atoms with van der Waals surface area (Å²) in [6.45, 7) is 2.13. The number of hydrogen-bond donors (Lipinski definition) is 4. The maximum Gasteiger partial charge on any atom is 0.220 e. The van der Waals surface area contributed by atoms with E-state index in [1.54, 1.807) is 0 Å². The smallest absolute Gasteiger partial charge is 0.220 e. The molecule has 90 valence electrons. The quantitative estimate of drug-likeness (QED) is 0.403. The van der Waals surface area contributed by atoms with Gasteiger partial charge in [0.15, 0.2) is 0 Å². The molecule has 0 spiro atoms. The van der Waals surface area contributed by atoms with Crippen LogP contribution >= 0.6 is 0 Å². The molecule has 0 bridgehead atoms. The van der Waals surface area contributed by atoms with Gasteiger partial charge in [-0.15, -0.1) is 0 Å². The third kappa shape index (κ3) is 5.11. The van der Waals surface area contributed by atoms with Crippen molar-refractivity contribution < 1.29 is 15.0 Å². The lowest BCUT2D eigenvalue weighted by Crippen LogP contribution is -2.53. The van der Waals surface area contributed by atoms with E-state index in [1.807, 2.05) is 14.0 Å². The third-order valence-corrected chi connectivity index (χ3v) is 2.52. The number of carbonyl (C=O) groups excluding carboxylic acids is 1. The van der Waals surface area contributed by atoms with Gasteiger partial charge in [-0.2, -0.15) is 0 Å². The van der Waals surface area contributed by atoms with Crippen LogP contribution in [-0.2, 0) is 4.79 Å². The first-order chi connectivity index (χ1) is 7.14. The van der Waals surface area contributed by atoms with Gasteiger partial charge < -0.3 is 20.8 Å². The highest BCUT2D eigenvalue weighted by Gasteiger charge is 2.27. The van der Waals surface area contributed by atoms with E-state index in [0.717, 1.165) is 13.0 Å². The highest BCUT2D eigenvalue weighted by Crippen LogP contribution is 2.08. The van der Waals surface area contributed by atoms with Crippen molar-refractivity contribution in [1.29, 1.82) is 0 Å². The molecule has 1 amide bonds. The Balaban J connectivity index is 4.00. The number of rotatable bonds is 8. The molecule has 0 heterocycles. The van der Waals surface area contributed by atoms with Gasteiger partial charge in [-0.05, 0) is 26.4 Å². The van der Waals surface area contributed by atoms with Gasteiger partial charge in [0.2, 0.25) is 5.91 Å². The predicted octanol–water partition coefficient (Wildman–Crippen LogP) is -0.764. The van der Waals surface area contributed by atoms with Gasteiger partial charge in [0.25, 0.3) is 0 Å². The van der Waals surface area contributed by atoms with Gasteiger partial charge in [-0.3, -0.25) is 4.79 Å². The molecular weight excluding hydrogens is 196 g/mol. The molecule has 0 aliphatic heterocycles. The average molecular weight is 218 g/mol. The fourth-order valence-corrected chi connectivity index (χ4v) is 1.23. The van der Waals surface area contributed by atoms with Crippen molar-refractivity contribution in [3.63, 3.8) is 0 Å². The lowest BCUT2D eigenvalue weighted by molar-refractivity contribution is -0.124. The molecule has 0 aromatic heterocycles. The molecule has 0 aromatic carbocycles. The summed E-state index contributed by atoms with van der Waals surface area (Å²) in [5, 5.41) is 23.8. The molecule has 0 aliphatic carbocycles. The Kier molecular flexibility index (Phi) is 7.29. The topological polar surface area (TPSA) is 81.6 Å². The Morgan fingerprint density at radius 1 is 1.33 bits per heavy atom. The van der Waals surface area contributed by atoms with Gasteiger partial charge in [-0.25, -0.2) is 0 Å². The van der Waals surface area contributed by atoms with E-state index in [9.17, 15) is 4.79 Å². The first-order valence-corrected chi connectivity index (χ1v) is 5.31. The molecule has 0 saturated heterocycles. The van der Waals surface area contributed by atoms with Gasteiger partial charge in [0.1, 0.15) is 0 Å². The first-order valence-electron chi connectivity index (χ1n) is 5.31. The zero-order valence-corrected chi connectivity index (χ0v) is 9.55. The molecule has 0 unspecified atom stereocenters. The Bertz CT molecular complexity index is 173. The van der Waals surface area contributed by atoms with Crippen molar-refractivity contribution in [3.8, 4) is 0 Å². The van der Waals surface area contributed by atoms with Crippen LogP contribution in [0.25, 0.3) is 0 Å². The van der Waals surface area contributed by atoms with E-state index in [4.69, 9.17) is 10.2 Å². The van der Waals surface area contributed by atoms with Crippen molar-refractivity contribution in [2.45, 2.75) is 31.7 Å². The lowest BCUT2D eigenvalue weighted by Gasteiger charge is -2.29. The Labute approximate surface area is 90.9 Å². The SMILES string of the molecule is CCC(CO)(CO)NC(=O)CCCNC. The van der Waals surface area contributed by atoms with E-state index in [1.165, 1.54) is 0 Å². The molecule has 0 aromatic rings. The molecule has 4 N–H and O–H groups in total. The van der Waals surface area contributed by atoms with Gasteiger partial charge in [0, 0.05) is 6.42 Å². The number of nitrogens with one attached hydrogen (secondary N) is 2. The number of hydrogen-bond acceptors (Lipinski definition) is 4. The van der Waals surface area contributed by atoms with Crippen LogP contribution in [0.4, 0.5) is 0 Å². The Morgan fingerprint density at radius 2 is 1.93 bits per heavy atom. The van der Waals surface area contributed by atoms with Crippen LogP contribution in [0.2, 0.25) is 0 Å². The number of amides is 1. The molecule has 0 rings (SSSR count). The van der Waals surface area contributed by atoms with Crippen LogP contribution in [0.1, 0.15) is 26.2 Å². The molecule has 0 aliphatic rings. The molecule has 5 heteroatoms. The van der Waals surface area contributed by atoms with E-state index in [0.29, 0.717) is 12.8 Å². The number of carbonyl (C=O) groups is 1. The minimum Gasteiger partial charge on any atom is -0.394 e. The zero-order valence-electron chi connectivity index (χ0n) is 9.55. The van der Waals surface area contributed by atoms with Crippen molar-refractivity contribution in [1.82, 2.24) is 10.6 Å². The van der Waals surface area contributed by atoms with Gasteiger partial charge in [-0.1, -0.05) is 6.92 Å². The summed E-state index contributed by atoms with van der Waals surface area (Å²) >= 11 is 0. The summed E-state index contributed by atoms with van der Waals surface area (Å²) in [7, 11) is 1.83. The normalized spacial score (nSPS) is 11.5. The molecular formula is C10H22N2O3. The Hall–Kier alpha value is -0.650. The average Bonchev–Trinajstić information content (AvgIpc) is 2.26. The van der Waals surface area contributed by atoms with E-state index < -0.39 is 5.54 Å². The summed E-state index contributed by atoms with van der Waals surface area (Å²) in [6, 6.07) is 0. The standard InChI is InChI=1S/C10H22N2O3/c1-3-10(7-13,8-14)12-9(15)5-4-6-11-2/h11,13-14H,3-8H2,1-2H3,(H,12,15). The number of aliphatic hydroxyl groups excluding tert-OH is 2. The first kappa shape index (κ1) is 14.3. The second-order valence-electron chi connectivity index (χ2n) is 3.71. The van der Waals surface area contributed by atoms with Gasteiger partial charge in [0.05, 0.1) is 18.8 Å². The van der Waals surface area contributed by atoms with Crippen LogP contribution in [0.3, 0.4) is 0 Å². The van der Waals surface area contributed by atoms with E-state index >= 15 is 0 Å². The summed E-state index contributed by atoms with van der Waals surface area (Å²) in [5.74, 6) is -0.129. The second-order valence-corrected chi connectivity index (χ2v) is 3.71. The van der Waals surface area contributed by atoms with Crippen LogP contribution in [0, 0.1) is 0 Å². The molecule has 0 saturated carbocycles. The minimum atomic E-state index is -0.864. The molecule has 0 atom stereocenters. The summed E-state index contributed by atoms with van der Waals surface area (Å²) < 4.78 is 0. The molecule has 15 heavy (non-hydrogen) atoms. The molecule has 5 nitrogen and oxygen atoms in total. The summed E-state index contributed by atoms with van der Waals surface area (Å²) in [5.41, 5.74) is -0.864. The minimum absolute atomic E-state index is 0.129. The predicted molar refractivity (Wildman–Crippen MR) is 58.5 cm³/mol. The van der Waals surface area contributed by atoms with Crippen LogP contribution in [0.15, 0.2) is 0 Å². The monoisotopic (exact) mass is 218 g/mol. The maximum absolute atomic E-state index is 11.4. The number of aliphatic hydroxyl groups is 2. The van der Waals surface area contributed by atoms with Crippen molar-refractivity contribution in [3.05, 3.63) is 0 Å². The Morgan fingerprint density at radius 3 is 2.33 bits per heavy atom. The van der Waals surface area contributed by atoms with Crippen molar-refractivity contribution >= 4 is 5.91 Å². The largest absolute Gasteiger partial charge is 0.394 e. The van der Waals surface area contributed by atoms with Crippen LogP contribution < -0.4 is 10.6 Å². The highest BCUT2D eigenvalue weighted by molar-refractivity contribution is 5.76. The summed E-state index contributed by atoms with van der Waals surface area (Å²) in [4.78, 5) is 11.4. The maximum atomic E-state index is 11.4. The fourth-order valence-electron chi connectivity index (χ4n) is 1.23. The summed E-state index contributed by atoms with van der Waals surface area (Å²) in [6.07, 6.45) is 1.67. The van der Waals surface area contributed by atoms with E-state index in [-0.39, 0.29) is 19.1 Å². The van der Waals surface area contributed by atoms with Crippen LogP contribution in [-0.4, -0.2) is 48.5 Å². The third-order valence-electron chi connectivity index (χ3n) is 2.52.